The maximum absolute atomic E-state index is 11.7. The zero-order chi connectivity index (χ0) is 15.5. The average Bonchev–Trinajstić information content (AvgIpc) is 2.90. The zero-order valence-corrected chi connectivity index (χ0v) is 12.8. The number of imidazole rings is 1. The van der Waals surface area contributed by atoms with Gasteiger partial charge in [0.15, 0.2) is 0 Å². The van der Waals surface area contributed by atoms with Crippen LogP contribution in [0.1, 0.15) is 25.3 Å². The van der Waals surface area contributed by atoms with E-state index in [9.17, 15) is 4.79 Å². The fourth-order valence-electron chi connectivity index (χ4n) is 2.45. The minimum absolute atomic E-state index is 0.0416. The summed E-state index contributed by atoms with van der Waals surface area (Å²) in [7, 11) is 0. The summed E-state index contributed by atoms with van der Waals surface area (Å²) in [4.78, 5) is 19.7. The Morgan fingerprint density at radius 3 is 2.91 bits per heavy atom. The van der Waals surface area contributed by atoms with Crippen LogP contribution in [0.25, 0.3) is 22.4 Å². The monoisotopic (exact) mass is 293 g/mol. The summed E-state index contributed by atoms with van der Waals surface area (Å²) in [6.45, 7) is 4.05. The van der Waals surface area contributed by atoms with E-state index in [4.69, 9.17) is 0 Å². The molecule has 0 aliphatic carbocycles. The van der Waals surface area contributed by atoms with Crippen molar-refractivity contribution in [2.45, 2.75) is 26.7 Å². The van der Waals surface area contributed by atoms with Crippen molar-refractivity contribution in [3.63, 3.8) is 0 Å². The van der Waals surface area contributed by atoms with Gasteiger partial charge >= 0.3 is 0 Å². The third kappa shape index (κ3) is 3.01. The zero-order valence-electron chi connectivity index (χ0n) is 12.8. The second-order valence-corrected chi connectivity index (χ2v) is 5.48. The van der Waals surface area contributed by atoms with Crippen molar-refractivity contribution < 1.29 is 4.79 Å². The number of hydrogen-bond donors (Lipinski definition) is 2. The molecule has 0 aliphatic heterocycles. The van der Waals surface area contributed by atoms with Gasteiger partial charge in [-0.3, -0.25) is 4.79 Å². The predicted octanol–water partition coefficient (Wildman–Crippen LogP) is 4.28. The first-order valence-electron chi connectivity index (χ1n) is 7.52. The summed E-state index contributed by atoms with van der Waals surface area (Å²) < 4.78 is 0. The molecule has 22 heavy (non-hydrogen) atoms. The van der Waals surface area contributed by atoms with E-state index in [2.05, 4.69) is 28.3 Å². The van der Waals surface area contributed by atoms with Gasteiger partial charge in [-0.15, -0.1) is 0 Å². The van der Waals surface area contributed by atoms with Gasteiger partial charge in [0.05, 0.1) is 11.0 Å². The number of carbonyl (C=O) groups is 1. The van der Waals surface area contributed by atoms with Crippen LogP contribution in [0.2, 0.25) is 0 Å². The van der Waals surface area contributed by atoms with Gasteiger partial charge in [-0.05, 0) is 43.2 Å². The molecule has 1 aromatic heterocycles. The average molecular weight is 293 g/mol. The van der Waals surface area contributed by atoms with Crippen molar-refractivity contribution in [3.05, 3.63) is 48.0 Å². The van der Waals surface area contributed by atoms with Crippen LogP contribution in [0.3, 0.4) is 0 Å². The number of benzene rings is 2. The van der Waals surface area contributed by atoms with E-state index in [0.29, 0.717) is 6.42 Å². The second kappa shape index (κ2) is 6.02. The van der Waals surface area contributed by atoms with Gasteiger partial charge < -0.3 is 10.3 Å². The highest BCUT2D eigenvalue weighted by Crippen LogP contribution is 2.23. The standard InChI is InChI=1S/C18H19N3O/c1-3-5-17(22)19-14-7-4-6-13(11-14)18-20-15-9-8-12(2)10-16(15)21-18/h4,6-11H,3,5H2,1-2H3,(H,19,22)(H,20,21). The van der Waals surface area contributed by atoms with Crippen LogP contribution in [0.4, 0.5) is 5.69 Å². The molecule has 4 nitrogen and oxygen atoms in total. The molecule has 3 rings (SSSR count). The van der Waals surface area contributed by atoms with Crippen molar-refractivity contribution in [1.29, 1.82) is 0 Å². The molecule has 0 unspecified atom stereocenters. The number of carbonyl (C=O) groups excluding carboxylic acids is 1. The summed E-state index contributed by atoms with van der Waals surface area (Å²) in [5.41, 5.74) is 4.93. The van der Waals surface area contributed by atoms with Gasteiger partial charge in [0.25, 0.3) is 0 Å². The molecule has 0 bridgehead atoms. The third-order valence-corrected chi connectivity index (χ3v) is 3.53. The molecular formula is C18H19N3O. The number of H-pyrrole nitrogens is 1. The summed E-state index contributed by atoms with van der Waals surface area (Å²) in [6, 6.07) is 13.9. The molecule has 0 radical (unpaired) electrons. The second-order valence-electron chi connectivity index (χ2n) is 5.48. The van der Waals surface area contributed by atoms with E-state index in [1.165, 1.54) is 5.56 Å². The molecule has 0 aliphatic rings. The molecule has 4 heteroatoms. The van der Waals surface area contributed by atoms with Crippen molar-refractivity contribution in [3.8, 4) is 11.4 Å². The number of aromatic amines is 1. The number of fused-ring (bicyclic) bond motifs is 1. The maximum atomic E-state index is 11.7. The molecule has 112 valence electrons. The number of aryl methyl sites for hydroxylation is 1. The molecule has 1 heterocycles. The van der Waals surface area contributed by atoms with Crippen molar-refractivity contribution in [2.75, 3.05) is 5.32 Å². The Bertz CT molecular complexity index is 820. The SMILES string of the molecule is CCCC(=O)Nc1cccc(-c2nc3ccc(C)cc3[nH]2)c1. The lowest BCUT2D eigenvalue weighted by Crippen LogP contribution is -2.10. The van der Waals surface area contributed by atoms with E-state index in [0.717, 1.165) is 34.5 Å². The Balaban J connectivity index is 1.91. The first-order valence-corrected chi connectivity index (χ1v) is 7.52. The first kappa shape index (κ1) is 14.3. The van der Waals surface area contributed by atoms with Crippen LogP contribution >= 0.6 is 0 Å². The highest BCUT2D eigenvalue weighted by atomic mass is 16.1. The summed E-state index contributed by atoms with van der Waals surface area (Å²) in [5, 5.41) is 2.92. The topological polar surface area (TPSA) is 57.8 Å². The number of rotatable bonds is 4. The first-order chi connectivity index (χ1) is 10.7. The fourth-order valence-corrected chi connectivity index (χ4v) is 2.45. The Morgan fingerprint density at radius 1 is 1.23 bits per heavy atom. The molecule has 0 saturated carbocycles. The van der Waals surface area contributed by atoms with Crippen LogP contribution in [0, 0.1) is 6.92 Å². The van der Waals surface area contributed by atoms with E-state index < -0.39 is 0 Å². The molecule has 0 spiro atoms. The number of nitrogens with zero attached hydrogens (tertiary/aromatic N) is 1. The highest BCUT2D eigenvalue weighted by molar-refractivity contribution is 5.91. The minimum atomic E-state index is 0.0416. The molecular weight excluding hydrogens is 274 g/mol. The molecule has 1 amide bonds. The number of nitrogens with one attached hydrogen (secondary N) is 2. The molecule has 2 N–H and O–H groups in total. The van der Waals surface area contributed by atoms with Crippen molar-refractivity contribution >= 4 is 22.6 Å². The van der Waals surface area contributed by atoms with Crippen LogP contribution in [-0.2, 0) is 4.79 Å². The molecule has 0 fully saturated rings. The van der Waals surface area contributed by atoms with E-state index in [1.54, 1.807) is 0 Å². The minimum Gasteiger partial charge on any atom is -0.338 e. The fraction of sp³-hybridized carbons (Fsp3) is 0.222. The normalized spacial score (nSPS) is 10.8. The van der Waals surface area contributed by atoms with E-state index in [-0.39, 0.29) is 5.91 Å². The molecule has 3 aromatic rings. The van der Waals surface area contributed by atoms with Gasteiger partial charge in [-0.25, -0.2) is 4.98 Å². The van der Waals surface area contributed by atoms with Gasteiger partial charge in [-0.2, -0.15) is 0 Å². The smallest absolute Gasteiger partial charge is 0.224 e. The van der Waals surface area contributed by atoms with Gasteiger partial charge in [0.2, 0.25) is 5.91 Å². The predicted molar refractivity (Wildman–Crippen MR) is 89.8 cm³/mol. The van der Waals surface area contributed by atoms with Crippen LogP contribution in [-0.4, -0.2) is 15.9 Å². The maximum Gasteiger partial charge on any atom is 0.224 e. The molecule has 2 aromatic carbocycles. The lowest BCUT2D eigenvalue weighted by atomic mass is 10.2. The number of hydrogen-bond acceptors (Lipinski definition) is 2. The lowest BCUT2D eigenvalue weighted by molar-refractivity contribution is -0.116. The van der Waals surface area contributed by atoms with Gasteiger partial charge in [0.1, 0.15) is 5.82 Å². The third-order valence-electron chi connectivity index (χ3n) is 3.53. The van der Waals surface area contributed by atoms with E-state index in [1.807, 2.05) is 43.3 Å². The summed E-state index contributed by atoms with van der Waals surface area (Å²) in [6.07, 6.45) is 1.38. The number of amides is 1. The van der Waals surface area contributed by atoms with Crippen LogP contribution < -0.4 is 5.32 Å². The summed E-state index contributed by atoms with van der Waals surface area (Å²) >= 11 is 0. The Labute approximate surface area is 129 Å². The van der Waals surface area contributed by atoms with Gasteiger partial charge in [0, 0.05) is 17.7 Å². The molecule has 0 saturated heterocycles. The van der Waals surface area contributed by atoms with Crippen molar-refractivity contribution in [2.24, 2.45) is 0 Å². The largest absolute Gasteiger partial charge is 0.338 e. The lowest BCUT2D eigenvalue weighted by Gasteiger charge is -2.05. The quantitative estimate of drug-likeness (QED) is 0.754. The van der Waals surface area contributed by atoms with Crippen LogP contribution in [0.5, 0.6) is 0 Å². The Morgan fingerprint density at radius 2 is 2.09 bits per heavy atom. The van der Waals surface area contributed by atoms with Gasteiger partial charge in [-0.1, -0.05) is 25.1 Å². The van der Waals surface area contributed by atoms with Crippen molar-refractivity contribution in [1.82, 2.24) is 9.97 Å². The van der Waals surface area contributed by atoms with E-state index >= 15 is 0 Å². The summed E-state index contributed by atoms with van der Waals surface area (Å²) in [5.74, 6) is 0.854. The Hall–Kier alpha value is -2.62. The Kier molecular flexibility index (Phi) is 3.92. The number of anilines is 1. The number of aromatic nitrogens is 2. The van der Waals surface area contributed by atoms with Crippen LogP contribution in [0.15, 0.2) is 42.5 Å². The molecule has 0 atom stereocenters. The highest BCUT2D eigenvalue weighted by Gasteiger charge is 2.07.